The largest absolute Gasteiger partial charge is 0.381 e. The van der Waals surface area contributed by atoms with Gasteiger partial charge in [-0.2, -0.15) is 0 Å². The summed E-state index contributed by atoms with van der Waals surface area (Å²) >= 11 is 0. The summed E-state index contributed by atoms with van der Waals surface area (Å²) in [6.07, 6.45) is 4.90. The molecule has 0 atom stereocenters. The third-order valence-electron chi connectivity index (χ3n) is 4.65. The zero-order valence-corrected chi connectivity index (χ0v) is 15.1. The molecule has 0 aliphatic carbocycles. The Balaban J connectivity index is 1.53. The summed E-state index contributed by atoms with van der Waals surface area (Å²) in [7, 11) is 0. The normalized spacial score (nSPS) is 16.8. The minimum absolute atomic E-state index is 0.938. The van der Waals surface area contributed by atoms with Crippen LogP contribution in [0, 0.1) is 6.92 Å². The molecule has 0 bridgehead atoms. The molecule has 1 aromatic rings. The highest BCUT2D eigenvalue weighted by molar-refractivity contribution is 5.21. The molecule has 3 nitrogen and oxygen atoms in total. The quantitative estimate of drug-likeness (QED) is 0.612. The first-order chi connectivity index (χ1) is 11.3. The Morgan fingerprint density at radius 2 is 1.52 bits per heavy atom. The van der Waals surface area contributed by atoms with Crippen LogP contribution >= 0.6 is 0 Å². The molecule has 2 rings (SSSR count). The molecule has 0 N–H and O–H groups in total. The van der Waals surface area contributed by atoms with Gasteiger partial charge in [0.05, 0.1) is 0 Å². The molecule has 0 amide bonds. The van der Waals surface area contributed by atoms with E-state index in [4.69, 9.17) is 4.74 Å². The summed E-state index contributed by atoms with van der Waals surface area (Å²) < 4.78 is 5.63. The van der Waals surface area contributed by atoms with E-state index in [1.165, 1.54) is 69.5 Å². The smallest absolute Gasteiger partial charge is 0.0466 e. The van der Waals surface area contributed by atoms with Crippen LogP contribution in [0.4, 0.5) is 0 Å². The van der Waals surface area contributed by atoms with Gasteiger partial charge in [-0.3, -0.25) is 4.90 Å². The van der Waals surface area contributed by atoms with Gasteiger partial charge in [-0.25, -0.2) is 0 Å². The molecule has 3 heteroatoms. The van der Waals surface area contributed by atoms with Crippen molar-refractivity contribution >= 4 is 0 Å². The lowest BCUT2D eigenvalue weighted by molar-refractivity contribution is 0.109. The molecule has 0 aromatic heterocycles. The van der Waals surface area contributed by atoms with E-state index in [-0.39, 0.29) is 0 Å². The van der Waals surface area contributed by atoms with Crippen molar-refractivity contribution in [2.45, 2.75) is 46.1 Å². The predicted molar refractivity (Wildman–Crippen MR) is 97.9 cm³/mol. The van der Waals surface area contributed by atoms with Crippen molar-refractivity contribution in [1.29, 1.82) is 0 Å². The SMILES string of the molecule is CCCCOCCCCN1CCN(Cc2ccc(C)cc2)CC1. The van der Waals surface area contributed by atoms with Crippen LogP contribution in [0.25, 0.3) is 0 Å². The summed E-state index contributed by atoms with van der Waals surface area (Å²) in [5.41, 5.74) is 2.78. The number of unbranched alkanes of at least 4 members (excludes halogenated alkanes) is 2. The summed E-state index contributed by atoms with van der Waals surface area (Å²) in [4.78, 5) is 5.19. The molecule has 0 radical (unpaired) electrons. The third kappa shape index (κ3) is 7.47. The molecule has 1 heterocycles. The van der Waals surface area contributed by atoms with Gasteiger partial charge >= 0.3 is 0 Å². The molecule has 130 valence electrons. The van der Waals surface area contributed by atoms with Gasteiger partial charge < -0.3 is 9.64 Å². The first-order valence-corrected chi connectivity index (χ1v) is 9.36. The second kappa shape index (κ2) is 10.8. The predicted octanol–water partition coefficient (Wildman–Crippen LogP) is 3.71. The van der Waals surface area contributed by atoms with E-state index in [0.717, 1.165) is 19.8 Å². The van der Waals surface area contributed by atoms with Crippen molar-refractivity contribution in [3.63, 3.8) is 0 Å². The average Bonchev–Trinajstić information content (AvgIpc) is 2.58. The van der Waals surface area contributed by atoms with Crippen LogP contribution in [0.1, 0.15) is 43.7 Å². The van der Waals surface area contributed by atoms with Gasteiger partial charge in [0.1, 0.15) is 0 Å². The summed E-state index contributed by atoms with van der Waals surface area (Å²) in [6.45, 7) is 13.4. The summed E-state index contributed by atoms with van der Waals surface area (Å²) in [5, 5.41) is 0. The Hall–Kier alpha value is -0.900. The molecule has 1 saturated heterocycles. The van der Waals surface area contributed by atoms with Gasteiger partial charge in [0.2, 0.25) is 0 Å². The Morgan fingerprint density at radius 1 is 0.870 bits per heavy atom. The van der Waals surface area contributed by atoms with Crippen LogP contribution in [-0.2, 0) is 11.3 Å². The molecule has 1 aliphatic rings. The van der Waals surface area contributed by atoms with Crippen LogP contribution in [0.5, 0.6) is 0 Å². The number of benzene rings is 1. The zero-order valence-electron chi connectivity index (χ0n) is 15.1. The molecule has 0 saturated carbocycles. The first kappa shape index (κ1) is 18.4. The topological polar surface area (TPSA) is 15.7 Å². The van der Waals surface area contributed by atoms with E-state index in [2.05, 4.69) is 47.9 Å². The van der Waals surface area contributed by atoms with E-state index < -0.39 is 0 Å². The van der Waals surface area contributed by atoms with Crippen molar-refractivity contribution in [2.75, 3.05) is 45.9 Å². The van der Waals surface area contributed by atoms with Gasteiger partial charge in [0, 0.05) is 45.9 Å². The van der Waals surface area contributed by atoms with Gasteiger partial charge in [0.25, 0.3) is 0 Å². The van der Waals surface area contributed by atoms with Gasteiger partial charge in [-0.05, 0) is 38.3 Å². The van der Waals surface area contributed by atoms with E-state index in [9.17, 15) is 0 Å². The lowest BCUT2D eigenvalue weighted by Crippen LogP contribution is -2.46. The lowest BCUT2D eigenvalue weighted by Gasteiger charge is -2.34. The average molecular weight is 319 g/mol. The molecule has 1 fully saturated rings. The van der Waals surface area contributed by atoms with Crippen molar-refractivity contribution in [2.24, 2.45) is 0 Å². The monoisotopic (exact) mass is 318 g/mol. The van der Waals surface area contributed by atoms with Gasteiger partial charge in [-0.15, -0.1) is 0 Å². The number of hydrogen-bond donors (Lipinski definition) is 0. The van der Waals surface area contributed by atoms with Gasteiger partial charge in [0.15, 0.2) is 0 Å². The molecule has 1 aliphatic heterocycles. The van der Waals surface area contributed by atoms with Crippen molar-refractivity contribution in [1.82, 2.24) is 9.80 Å². The number of piperazine rings is 1. The maximum atomic E-state index is 5.63. The Bertz CT molecular complexity index is 410. The standard InChI is InChI=1S/C20H34N2O/c1-3-4-16-23-17-6-5-11-21-12-14-22(15-13-21)18-20-9-7-19(2)8-10-20/h7-10H,3-6,11-18H2,1-2H3. The summed E-state index contributed by atoms with van der Waals surface area (Å²) in [6, 6.07) is 8.96. The highest BCUT2D eigenvalue weighted by Gasteiger charge is 2.16. The van der Waals surface area contributed by atoms with Crippen molar-refractivity contribution in [3.8, 4) is 0 Å². The minimum atomic E-state index is 0.938. The second-order valence-electron chi connectivity index (χ2n) is 6.78. The van der Waals surface area contributed by atoms with E-state index >= 15 is 0 Å². The van der Waals surface area contributed by atoms with E-state index in [0.29, 0.717) is 0 Å². The molecule has 0 unspecified atom stereocenters. The highest BCUT2D eigenvalue weighted by Crippen LogP contribution is 2.10. The maximum Gasteiger partial charge on any atom is 0.0466 e. The number of nitrogens with zero attached hydrogens (tertiary/aromatic N) is 2. The zero-order chi connectivity index (χ0) is 16.3. The fourth-order valence-electron chi connectivity index (χ4n) is 3.01. The Labute approximate surface area is 142 Å². The Morgan fingerprint density at radius 3 is 2.22 bits per heavy atom. The first-order valence-electron chi connectivity index (χ1n) is 9.36. The van der Waals surface area contributed by atoms with Crippen LogP contribution in [0.2, 0.25) is 0 Å². The van der Waals surface area contributed by atoms with Crippen molar-refractivity contribution < 1.29 is 4.74 Å². The lowest BCUT2D eigenvalue weighted by atomic mass is 10.1. The minimum Gasteiger partial charge on any atom is -0.381 e. The van der Waals surface area contributed by atoms with Gasteiger partial charge in [-0.1, -0.05) is 43.2 Å². The molecule has 0 spiro atoms. The molecule has 23 heavy (non-hydrogen) atoms. The second-order valence-corrected chi connectivity index (χ2v) is 6.78. The van der Waals surface area contributed by atoms with Crippen LogP contribution in [-0.4, -0.2) is 55.7 Å². The number of hydrogen-bond acceptors (Lipinski definition) is 3. The fourth-order valence-corrected chi connectivity index (χ4v) is 3.01. The third-order valence-corrected chi connectivity index (χ3v) is 4.65. The van der Waals surface area contributed by atoms with E-state index in [1.54, 1.807) is 0 Å². The van der Waals surface area contributed by atoms with E-state index in [1.807, 2.05) is 0 Å². The van der Waals surface area contributed by atoms with Crippen LogP contribution in [0.15, 0.2) is 24.3 Å². The number of aryl methyl sites for hydroxylation is 1. The maximum absolute atomic E-state index is 5.63. The number of rotatable bonds is 10. The number of ether oxygens (including phenoxy) is 1. The van der Waals surface area contributed by atoms with Crippen LogP contribution < -0.4 is 0 Å². The van der Waals surface area contributed by atoms with Crippen molar-refractivity contribution in [3.05, 3.63) is 35.4 Å². The van der Waals surface area contributed by atoms with Crippen LogP contribution in [0.3, 0.4) is 0 Å². The molecule has 1 aromatic carbocycles. The Kier molecular flexibility index (Phi) is 8.66. The summed E-state index contributed by atoms with van der Waals surface area (Å²) in [5.74, 6) is 0. The highest BCUT2D eigenvalue weighted by atomic mass is 16.5. The fraction of sp³-hybridized carbons (Fsp3) is 0.700. The molecular formula is C20H34N2O. The molecular weight excluding hydrogens is 284 g/mol.